The number of anilines is 1. The Morgan fingerprint density at radius 3 is 2.40 bits per heavy atom. The van der Waals surface area contributed by atoms with Gasteiger partial charge in [0.25, 0.3) is 0 Å². The van der Waals surface area contributed by atoms with E-state index in [-0.39, 0.29) is 24.3 Å². The molecule has 2 fully saturated rings. The summed E-state index contributed by atoms with van der Waals surface area (Å²) in [5, 5.41) is 10.1. The maximum atomic E-state index is 14.4. The van der Waals surface area contributed by atoms with Crippen molar-refractivity contribution in [2.75, 3.05) is 37.7 Å². The number of rotatable bonds is 9. The van der Waals surface area contributed by atoms with Gasteiger partial charge >= 0.3 is 0 Å². The third-order valence-corrected chi connectivity index (χ3v) is 8.81. The molecule has 40 heavy (non-hydrogen) atoms. The highest BCUT2D eigenvalue weighted by Gasteiger charge is 2.75. The zero-order chi connectivity index (χ0) is 28.7. The Morgan fingerprint density at radius 2 is 1.73 bits per heavy atom. The molecule has 216 valence electrons. The average Bonchev–Trinajstić information content (AvgIpc) is 3.22. The number of aliphatic hydroxyl groups excluding tert-OH is 1. The zero-order valence-corrected chi connectivity index (χ0v) is 23.9. The van der Waals surface area contributed by atoms with Crippen LogP contribution in [0, 0.1) is 11.8 Å². The summed E-state index contributed by atoms with van der Waals surface area (Å²) in [6.45, 7) is 9.16. The van der Waals surface area contributed by atoms with Gasteiger partial charge in [0, 0.05) is 25.3 Å². The van der Waals surface area contributed by atoms with Crippen LogP contribution in [0.15, 0.2) is 48.6 Å². The van der Waals surface area contributed by atoms with E-state index < -0.39 is 35.1 Å². The quantitative estimate of drug-likeness (QED) is 0.374. The molecule has 4 aliphatic heterocycles. The predicted octanol–water partition coefficient (Wildman–Crippen LogP) is 2.93. The van der Waals surface area contributed by atoms with Gasteiger partial charge in [0.05, 0.1) is 36.7 Å². The molecule has 0 aromatic heterocycles. The molecule has 2 saturated heterocycles. The van der Waals surface area contributed by atoms with Gasteiger partial charge in [-0.1, -0.05) is 44.1 Å². The topological polar surface area (TPSA) is 99.6 Å². The Bertz CT molecular complexity index is 1200. The zero-order valence-electron chi connectivity index (χ0n) is 23.9. The van der Waals surface area contributed by atoms with Crippen LogP contribution in [-0.4, -0.2) is 88.8 Å². The Kier molecular flexibility index (Phi) is 7.81. The van der Waals surface area contributed by atoms with Crippen molar-refractivity contribution in [1.82, 2.24) is 9.80 Å². The average molecular weight is 552 g/mol. The lowest BCUT2D eigenvalue weighted by molar-refractivity contribution is -0.153. The van der Waals surface area contributed by atoms with E-state index >= 15 is 0 Å². The summed E-state index contributed by atoms with van der Waals surface area (Å²) in [5.41, 5.74) is -1.72. The van der Waals surface area contributed by atoms with Crippen LogP contribution in [-0.2, 0) is 19.1 Å². The summed E-state index contributed by atoms with van der Waals surface area (Å²) in [6.07, 6.45) is 10.4. The summed E-state index contributed by atoms with van der Waals surface area (Å²) >= 11 is 0. The largest absolute Gasteiger partial charge is 0.494 e. The number of benzene rings is 1. The first-order valence-corrected chi connectivity index (χ1v) is 14.5. The lowest BCUT2D eigenvalue weighted by Crippen LogP contribution is -2.58. The summed E-state index contributed by atoms with van der Waals surface area (Å²) in [5.74, 6) is -1.80. The normalized spacial score (nSPS) is 32.1. The molecule has 1 unspecified atom stereocenters. The minimum Gasteiger partial charge on any atom is -0.494 e. The van der Waals surface area contributed by atoms with Crippen molar-refractivity contribution in [3.05, 3.63) is 48.6 Å². The van der Waals surface area contributed by atoms with Crippen LogP contribution in [0.4, 0.5) is 5.69 Å². The van der Waals surface area contributed by atoms with E-state index in [1.165, 1.54) is 4.90 Å². The Morgan fingerprint density at radius 1 is 1.00 bits per heavy atom. The van der Waals surface area contributed by atoms with Crippen LogP contribution in [0.2, 0.25) is 0 Å². The second-order valence-electron chi connectivity index (χ2n) is 11.4. The fraction of sp³-hybridized carbons (Fsp3) is 0.581. The van der Waals surface area contributed by atoms with Crippen molar-refractivity contribution in [1.29, 1.82) is 0 Å². The van der Waals surface area contributed by atoms with E-state index in [2.05, 4.69) is 6.92 Å². The van der Waals surface area contributed by atoms with Crippen molar-refractivity contribution in [3.8, 4) is 5.75 Å². The monoisotopic (exact) mass is 551 g/mol. The first-order chi connectivity index (χ1) is 19.2. The van der Waals surface area contributed by atoms with Crippen molar-refractivity contribution in [2.45, 2.75) is 70.2 Å². The highest BCUT2D eigenvalue weighted by atomic mass is 16.5. The molecule has 1 N–H and O–H groups in total. The summed E-state index contributed by atoms with van der Waals surface area (Å²) in [4.78, 5) is 47.8. The number of amides is 3. The molecular formula is C31H41N3O6. The van der Waals surface area contributed by atoms with Crippen LogP contribution in [0.5, 0.6) is 5.75 Å². The summed E-state index contributed by atoms with van der Waals surface area (Å²) in [6, 6.07) is 5.76. The van der Waals surface area contributed by atoms with Crippen LogP contribution < -0.4 is 9.64 Å². The van der Waals surface area contributed by atoms with E-state index in [1.807, 2.05) is 62.4 Å². The molecule has 0 aliphatic carbocycles. The highest BCUT2D eigenvalue weighted by Crippen LogP contribution is 2.58. The molecule has 5 rings (SSSR count). The summed E-state index contributed by atoms with van der Waals surface area (Å²) < 4.78 is 12.4. The van der Waals surface area contributed by atoms with Gasteiger partial charge in [-0.15, -0.1) is 0 Å². The molecule has 0 radical (unpaired) electrons. The molecule has 0 bridgehead atoms. The number of ether oxygens (including phenoxy) is 2. The minimum absolute atomic E-state index is 0.197. The lowest BCUT2D eigenvalue weighted by Gasteiger charge is -2.39. The second-order valence-corrected chi connectivity index (χ2v) is 11.4. The Labute approximate surface area is 236 Å². The molecule has 1 spiro atoms. The Balaban J connectivity index is 1.56. The maximum Gasteiger partial charge on any atom is 0.249 e. The molecule has 1 aromatic rings. The third kappa shape index (κ3) is 4.43. The van der Waals surface area contributed by atoms with Gasteiger partial charge in [-0.25, -0.2) is 0 Å². The molecule has 9 nitrogen and oxygen atoms in total. The highest BCUT2D eigenvalue weighted by molar-refractivity contribution is 6.04. The van der Waals surface area contributed by atoms with Gasteiger partial charge in [-0.2, -0.15) is 0 Å². The minimum atomic E-state index is -1.32. The molecule has 3 amide bonds. The van der Waals surface area contributed by atoms with Crippen molar-refractivity contribution in [2.24, 2.45) is 11.8 Å². The number of hydrogen-bond donors (Lipinski definition) is 1. The first-order valence-electron chi connectivity index (χ1n) is 14.5. The van der Waals surface area contributed by atoms with Crippen LogP contribution in [0.3, 0.4) is 0 Å². The fourth-order valence-corrected chi connectivity index (χ4v) is 6.94. The number of likely N-dealkylation sites (tertiary alicyclic amines) is 1. The molecule has 1 aromatic carbocycles. The number of carbonyl (C=O) groups excluding carboxylic acids is 3. The first kappa shape index (κ1) is 28.4. The van der Waals surface area contributed by atoms with Crippen molar-refractivity contribution < 1.29 is 29.0 Å². The number of carbonyl (C=O) groups is 3. The van der Waals surface area contributed by atoms with Crippen LogP contribution >= 0.6 is 0 Å². The molecule has 4 heterocycles. The molecule has 6 atom stereocenters. The van der Waals surface area contributed by atoms with Crippen LogP contribution in [0.25, 0.3) is 0 Å². The number of fused-ring (bicyclic) bond motifs is 2. The smallest absolute Gasteiger partial charge is 0.249 e. The fourth-order valence-electron chi connectivity index (χ4n) is 6.94. The number of nitrogens with zero attached hydrogens (tertiary/aromatic N) is 3. The molecular weight excluding hydrogens is 510 g/mol. The molecule has 4 aliphatic rings. The number of unbranched alkanes of at least 4 members (excludes halogenated alkanes) is 2. The van der Waals surface area contributed by atoms with Gasteiger partial charge in [0.1, 0.15) is 17.4 Å². The van der Waals surface area contributed by atoms with E-state index in [0.29, 0.717) is 37.7 Å². The van der Waals surface area contributed by atoms with E-state index in [9.17, 15) is 19.5 Å². The molecule has 9 heteroatoms. The van der Waals surface area contributed by atoms with Crippen molar-refractivity contribution >= 4 is 23.4 Å². The van der Waals surface area contributed by atoms with E-state index in [1.54, 1.807) is 16.7 Å². The van der Waals surface area contributed by atoms with Gasteiger partial charge in [0.2, 0.25) is 17.7 Å². The van der Waals surface area contributed by atoms with E-state index in [4.69, 9.17) is 9.47 Å². The maximum absolute atomic E-state index is 14.4. The van der Waals surface area contributed by atoms with Gasteiger partial charge in [-0.3, -0.25) is 14.4 Å². The second kappa shape index (κ2) is 11.0. The SMILES string of the molecule is CCCCCN1CC=C[C@]23O[C@@]4(C)C=CCN(c5ccc(OCC)cc5)C(=O)[C@H]4[C@H]2C(=O)N([C@H](C)CO)C3C1=O. The standard InChI is InChI=1S/C31H41N3O6/c1-5-7-8-17-32-18-10-16-31-25(28(37)34(21(3)20-35)26(31)29(32)38)24-27(36)33(19-9-15-30(24,4)40-31)22-11-13-23(14-12-22)39-6-2/h9-16,21,24-26,35H,5-8,17-20H2,1-4H3/t21-,24-,25+,26?,30+,31+/m1/s1. The number of hydrogen-bond acceptors (Lipinski definition) is 6. The lowest BCUT2D eigenvalue weighted by atomic mass is 9.74. The summed E-state index contributed by atoms with van der Waals surface area (Å²) in [7, 11) is 0. The van der Waals surface area contributed by atoms with E-state index in [0.717, 1.165) is 19.3 Å². The van der Waals surface area contributed by atoms with Gasteiger partial charge in [-0.05, 0) is 51.5 Å². The van der Waals surface area contributed by atoms with Gasteiger partial charge in [0.15, 0.2) is 0 Å². The third-order valence-electron chi connectivity index (χ3n) is 8.81. The predicted molar refractivity (Wildman–Crippen MR) is 151 cm³/mol. The Hall–Kier alpha value is -3.17. The molecule has 0 saturated carbocycles. The number of aliphatic hydroxyl groups is 1. The van der Waals surface area contributed by atoms with Crippen LogP contribution in [0.1, 0.15) is 47.0 Å². The van der Waals surface area contributed by atoms with Gasteiger partial charge < -0.3 is 29.3 Å². The van der Waals surface area contributed by atoms with Crippen molar-refractivity contribution in [3.63, 3.8) is 0 Å².